The van der Waals surface area contributed by atoms with Gasteiger partial charge >= 0.3 is 6.18 Å². The summed E-state index contributed by atoms with van der Waals surface area (Å²) in [7, 11) is 0. The fraction of sp³-hybridized carbons (Fsp3) is 0.235. The molecule has 0 fully saturated rings. The average Bonchev–Trinajstić information content (AvgIpc) is 3.07. The maximum absolute atomic E-state index is 13.2. The van der Waals surface area contributed by atoms with Crippen molar-refractivity contribution < 1.29 is 18.0 Å². The van der Waals surface area contributed by atoms with Gasteiger partial charge in [-0.05, 0) is 30.2 Å². The summed E-state index contributed by atoms with van der Waals surface area (Å²) in [5.41, 5.74) is -1.19. The van der Waals surface area contributed by atoms with E-state index in [1.54, 1.807) is 0 Å². The van der Waals surface area contributed by atoms with Crippen molar-refractivity contribution in [2.45, 2.75) is 19.5 Å². The first-order chi connectivity index (χ1) is 12.3. The molecule has 0 unspecified atom stereocenters. The first kappa shape index (κ1) is 17.7. The number of alkyl halides is 3. The molecule has 0 aliphatic heterocycles. The maximum atomic E-state index is 13.2. The molecule has 0 bridgehead atoms. The van der Waals surface area contributed by atoms with Gasteiger partial charge in [0.1, 0.15) is 0 Å². The van der Waals surface area contributed by atoms with Gasteiger partial charge in [0.05, 0.1) is 22.8 Å². The van der Waals surface area contributed by atoms with Crippen LogP contribution in [0.3, 0.4) is 0 Å². The van der Waals surface area contributed by atoms with E-state index >= 15 is 0 Å². The van der Waals surface area contributed by atoms with E-state index in [9.17, 15) is 22.8 Å². The number of nitrogens with zero attached hydrogens (tertiary/aromatic N) is 1. The lowest BCUT2D eigenvalue weighted by atomic mass is 9.99. The third-order valence-corrected chi connectivity index (χ3v) is 3.88. The molecular weight excluding hydrogens is 349 g/mol. The van der Waals surface area contributed by atoms with Gasteiger partial charge in [-0.15, -0.1) is 0 Å². The van der Waals surface area contributed by atoms with Crippen molar-refractivity contribution in [3.63, 3.8) is 0 Å². The smallest absolute Gasteiger partial charge is 0.352 e. The van der Waals surface area contributed by atoms with Crippen LogP contribution >= 0.6 is 0 Å². The number of rotatable bonds is 4. The average molecular weight is 364 g/mol. The summed E-state index contributed by atoms with van der Waals surface area (Å²) in [6, 6.07) is 3.10. The van der Waals surface area contributed by atoms with E-state index < -0.39 is 23.2 Å². The number of hydrogen-bond donors (Lipinski definition) is 3. The Hall–Kier alpha value is -3.10. The Morgan fingerprint density at radius 3 is 2.69 bits per heavy atom. The summed E-state index contributed by atoms with van der Waals surface area (Å²) < 4.78 is 39.5. The number of benzene rings is 1. The molecular formula is C17H15F3N4O2. The Kier molecular flexibility index (Phi) is 4.54. The highest BCUT2D eigenvalue weighted by molar-refractivity contribution is 5.98. The van der Waals surface area contributed by atoms with Crippen LogP contribution in [-0.2, 0) is 6.18 Å². The lowest BCUT2D eigenvalue weighted by Crippen LogP contribution is -2.25. The SMILES string of the molecule is CCCNC(=O)c1c[nH]c(=O)c(-c2cc(C(F)(F)F)cc3[nH]ncc23)c1. The Bertz CT molecular complexity index is 1020. The molecule has 1 aromatic carbocycles. The molecule has 0 atom stereocenters. The van der Waals surface area contributed by atoms with Crippen LogP contribution in [0, 0.1) is 0 Å². The Balaban J connectivity index is 2.18. The molecule has 2 aromatic heterocycles. The zero-order valence-electron chi connectivity index (χ0n) is 13.7. The van der Waals surface area contributed by atoms with Gasteiger partial charge in [-0.1, -0.05) is 6.92 Å². The minimum atomic E-state index is -4.59. The van der Waals surface area contributed by atoms with Gasteiger partial charge in [-0.2, -0.15) is 18.3 Å². The second kappa shape index (κ2) is 6.66. The van der Waals surface area contributed by atoms with Gasteiger partial charge in [0.2, 0.25) is 0 Å². The second-order valence-corrected chi connectivity index (χ2v) is 5.74. The van der Waals surface area contributed by atoms with Gasteiger partial charge in [0.25, 0.3) is 11.5 Å². The molecule has 0 aliphatic carbocycles. The number of fused-ring (bicyclic) bond motifs is 1. The van der Waals surface area contributed by atoms with Crippen molar-refractivity contribution in [3.8, 4) is 11.1 Å². The highest BCUT2D eigenvalue weighted by Crippen LogP contribution is 2.35. The summed E-state index contributed by atoms with van der Waals surface area (Å²) in [6.45, 7) is 2.33. The zero-order chi connectivity index (χ0) is 18.9. The number of H-pyrrole nitrogens is 2. The van der Waals surface area contributed by atoms with Crippen molar-refractivity contribution in [2.24, 2.45) is 0 Å². The number of carbonyl (C=O) groups excluding carboxylic acids is 1. The molecule has 1 amide bonds. The number of halogens is 3. The molecule has 26 heavy (non-hydrogen) atoms. The molecule has 6 nitrogen and oxygen atoms in total. The number of pyridine rings is 1. The van der Waals surface area contributed by atoms with E-state index in [2.05, 4.69) is 20.5 Å². The molecule has 0 saturated heterocycles. The van der Waals surface area contributed by atoms with Crippen LogP contribution in [0.5, 0.6) is 0 Å². The van der Waals surface area contributed by atoms with Crippen LogP contribution in [0.2, 0.25) is 0 Å². The van der Waals surface area contributed by atoms with E-state index in [0.717, 1.165) is 18.6 Å². The quantitative estimate of drug-likeness (QED) is 0.664. The van der Waals surface area contributed by atoms with Gasteiger partial charge in [-0.3, -0.25) is 14.7 Å². The van der Waals surface area contributed by atoms with Crippen molar-refractivity contribution in [2.75, 3.05) is 6.54 Å². The maximum Gasteiger partial charge on any atom is 0.416 e. The van der Waals surface area contributed by atoms with E-state index in [1.165, 1.54) is 18.5 Å². The summed E-state index contributed by atoms with van der Waals surface area (Å²) in [5.74, 6) is -0.417. The zero-order valence-corrected chi connectivity index (χ0v) is 13.7. The highest BCUT2D eigenvalue weighted by atomic mass is 19.4. The number of hydrogen-bond acceptors (Lipinski definition) is 3. The van der Waals surface area contributed by atoms with Crippen LogP contribution in [0.4, 0.5) is 13.2 Å². The number of nitrogens with one attached hydrogen (secondary N) is 3. The molecule has 0 spiro atoms. The van der Waals surface area contributed by atoms with E-state index in [0.29, 0.717) is 11.9 Å². The predicted octanol–water partition coefficient (Wildman–Crippen LogP) is 3.08. The topological polar surface area (TPSA) is 90.6 Å². The minimum Gasteiger partial charge on any atom is -0.352 e. The van der Waals surface area contributed by atoms with Crippen molar-refractivity contribution >= 4 is 16.8 Å². The van der Waals surface area contributed by atoms with Gasteiger partial charge in [0, 0.05) is 23.7 Å². The largest absolute Gasteiger partial charge is 0.416 e. The molecule has 0 saturated carbocycles. The third kappa shape index (κ3) is 3.32. The van der Waals surface area contributed by atoms with E-state index in [4.69, 9.17) is 0 Å². The fourth-order valence-corrected chi connectivity index (χ4v) is 2.59. The number of aromatic amines is 2. The number of carbonyl (C=O) groups is 1. The number of amides is 1. The lowest BCUT2D eigenvalue weighted by molar-refractivity contribution is -0.137. The molecule has 136 valence electrons. The summed E-state index contributed by atoms with van der Waals surface area (Å²) in [5, 5.41) is 9.25. The first-order valence-electron chi connectivity index (χ1n) is 7.87. The Morgan fingerprint density at radius 2 is 2.00 bits per heavy atom. The molecule has 2 heterocycles. The molecule has 0 aliphatic rings. The van der Waals surface area contributed by atoms with E-state index in [1.807, 2.05) is 6.92 Å². The molecule has 3 N–H and O–H groups in total. The third-order valence-electron chi connectivity index (χ3n) is 3.88. The molecule has 9 heteroatoms. The number of aromatic nitrogens is 3. The summed E-state index contributed by atoms with van der Waals surface area (Å²) in [6.07, 6.45) is -1.28. The monoisotopic (exact) mass is 364 g/mol. The standard InChI is InChI=1S/C17H15F3N4O2/c1-2-3-21-15(25)9-4-12(16(26)22-7-9)11-5-10(17(18,19)20)6-14-13(11)8-23-24-14/h4-8H,2-3H2,1H3,(H,21,25)(H,22,26)(H,23,24). The minimum absolute atomic E-state index is 0.0355. The Morgan fingerprint density at radius 1 is 1.23 bits per heavy atom. The second-order valence-electron chi connectivity index (χ2n) is 5.74. The molecule has 3 aromatic rings. The predicted molar refractivity (Wildman–Crippen MR) is 89.8 cm³/mol. The van der Waals surface area contributed by atoms with Crippen molar-refractivity contribution in [1.29, 1.82) is 0 Å². The van der Waals surface area contributed by atoms with E-state index in [-0.39, 0.29) is 22.2 Å². The highest BCUT2D eigenvalue weighted by Gasteiger charge is 2.32. The van der Waals surface area contributed by atoms with Gasteiger partial charge < -0.3 is 10.3 Å². The summed E-state index contributed by atoms with van der Waals surface area (Å²) in [4.78, 5) is 26.8. The lowest BCUT2D eigenvalue weighted by Gasteiger charge is -2.11. The van der Waals surface area contributed by atoms with Gasteiger partial charge in [-0.25, -0.2) is 0 Å². The van der Waals surface area contributed by atoms with Crippen LogP contribution in [-0.4, -0.2) is 27.6 Å². The van der Waals surface area contributed by atoms with Crippen molar-refractivity contribution in [3.05, 3.63) is 52.1 Å². The summed E-state index contributed by atoms with van der Waals surface area (Å²) >= 11 is 0. The normalized spacial score (nSPS) is 11.7. The van der Waals surface area contributed by atoms with Gasteiger partial charge in [0.15, 0.2) is 0 Å². The first-order valence-corrected chi connectivity index (χ1v) is 7.87. The molecule has 0 radical (unpaired) electrons. The van der Waals surface area contributed by atoms with Crippen molar-refractivity contribution in [1.82, 2.24) is 20.5 Å². The van der Waals surface area contributed by atoms with Crippen LogP contribution < -0.4 is 10.9 Å². The molecule has 3 rings (SSSR count). The van der Waals surface area contributed by atoms with Crippen LogP contribution in [0.1, 0.15) is 29.3 Å². The van der Waals surface area contributed by atoms with Crippen LogP contribution in [0.25, 0.3) is 22.0 Å². The fourth-order valence-electron chi connectivity index (χ4n) is 2.59. The van der Waals surface area contributed by atoms with Crippen LogP contribution in [0.15, 0.2) is 35.4 Å². The Labute approximate surface area is 145 Å².